The van der Waals surface area contributed by atoms with Gasteiger partial charge in [-0.2, -0.15) is 0 Å². The molecule has 1 aromatic rings. The highest BCUT2D eigenvalue weighted by molar-refractivity contribution is 5.14. The van der Waals surface area contributed by atoms with Crippen molar-refractivity contribution in [3.05, 3.63) is 35.9 Å². The number of hydrogen-bond acceptors (Lipinski definition) is 1. The van der Waals surface area contributed by atoms with Gasteiger partial charge < -0.3 is 5.32 Å². The standard InChI is InChI=1S/C20H29N/c1-15(21-14-16-5-3-2-4-6-16)10-20-11-17-7-18(12-20)9-19(8-17)13-20/h2-6,15,17-19,21H,7-14H2,1H3/t15-,17?,18?,19?,20?/m0/s1. The fraction of sp³-hybridized carbons (Fsp3) is 0.700. The minimum absolute atomic E-state index is 0.654. The molecule has 4 saturated carbocycles. The summed E-state index contributed by atoms with van der Waals surface area (Å²) in [6, 6.07) is 11.5. The van der Waals surface area contributed by atoms with Gasteiger partial charge in [0.25, 0.3) is 0 Å². The molecular formula is C20H29N. The van der Waals surface area contributed by atoms with Crippen LogP contribution >= 0.6 is 0 Å². The highest BCUT2D eigenvalue weighted by Gasteiger charge is 2.50. The average Bonchev–Trinajstić information content (AvgIpc) is 2.44. The second kappa shape index (κ2) is 5.43. The molecular weight excluding hydrogens is 254 g/mol. The van der Waals surface area contributed by atoms with Gasteiger partial charge in [0.2, 0.25) is 0 Å². The maximum absolute atomic E-state index is 3.77. The normalized spacial score (nSPS) is 38.6. The third kappa shape index (κ3) is 2.90. The predicted octanol–water partition coefficient (Wildman–Crippen LogP) is 4.77. The smallest absolute Gasteiger partial charge is 0.0207 e. The summed E-state index contributed by atoms with van der Waals surface area (Å²) < 4.78 is 0. The van der Waals surface area contributed by atoms with E-state index in [2.05, 4.69) is 42.6 Å². The second-order valence-electron chi connectivity index (χ2n) is 8.39. The van der Waals surface area contributed by atoms with Crippen LogP contribution in [0.4, 0.5) is 0 Å². The highest BCUT2D eigenvalue weighted by atomic mass is 14.9. The fourth-order valence-electron chi connectivity index (χ4n) is 6.15. The van der Waals surface area contributed by atoms with E-state index in [0.29, 0.717) is 11.5 Å². The lowest BCUT2D eigenvalue weighted by molar-refractivity contribution is -0.0612. The molecule has 4 bridgehead atoms. The summed E-state index contributed by atoms with van der Waals surface area (Å²) in [5.74, 6) is 3.24. The van der Waals surface area contributed by atoms with Crippen molar-refractivity contribution < 1.29 is 0 Å². The lowest BCUT2D eigenvalue weighted by Crippen LogP contribution is -2.48. The minimum atomic E-state index is 0.654. The largest absolute Gasteiger partial charge is 0.310 e. The van der Waals surface area contributed by atoms with E-state index < -0.39 is 0 Å². The Kier molecular flexibility index (Phi) is 3.57. The first kappa shape index (κ1) is 13.8. The molecule has 0 spiro atoms. The van der Waals surface area contributed by atoms with Crippen LogP contribution in [-0.2, 0) is 6.54 Å². The van der Waals surface area contributed by atoms with Gasteiger partial charge in [0.05, 0.1) is 0 Å². The fourth-order valence-corrected chi connectivity index (χ4v) is 6.15. The molecule has 4 aliphatic rings. The average molecular weight is 283 g/mol. The van der Waals surface area contributed by atoms with Crippen molar-refractivity contribution in [3.63, 3.8) is 0 Å². The van der Waals surface area contributed by atoms with Crippen molar-refractivity contribution in [1.82, 2.24) is 5.32 Å². The Hall–Kier alpha value is -0.820. The Labute approximate surface area is 129 Å². The first-order valence-electron chi connectivity index (χ1n) is 8.98. The minimum Gasteiger partial charge on any atom is -0.310 e. The molecule has 1 N–H and O–H groups in total. The number of benzene rings is 1. The van der Waals surface area contributed by atoms with E-state index in [0.717, 1.165) is 24.3 Å². The monoisotopic (exact) mass is 283 g/mol. The van der Waals surface area contributed by atoms with E-state index in [9.17, 15) is 0 Å². The van der Waals surface area contributed by atoms with Gasteiger partial charge in [0.1, 0.15) is 0 Å². The van der Waals surface area contributed by atoms with Crippen LogP contribution < -0.4 is 5.32 Å². The number of hydrogen-bond donors (Lipinski definition) is 1. The molecule has 4 fully saturated rings. The van der Waals surface area contributed by atoms with Crippen LogP contribution in [0.3, 0.4) is 0 Å². The van der Waals surface area contributed by atoms with Crippen LogP contribution in [-0.4, -0.2) is 6.04 Å². The molecule has 0 heterocycles. The van der Waals surface area contributed by atoms with Crippen LogP contribution in [0.25, 0.3) is 0 Å². The summed E-state index contributed by atoms with van der Waals surface area (Å²) in [6.07, 6.45) is 10.7. The van der Waals surface area contributed by atoms with Crippen LogP contribution in [0.2, 0.25) is 0 Å². The molecule has 1 aromatic carbocycles. The molecule has 21 heavy (non-hydrogen) atoms. The van der Waals surface area contributed by atoms with Crippen molar-refractivity contribution in [3.8, 4) is 0 Å². The Morgan fingerprint density at radius 1 is 1.00 bits per heavy atom. The van der Waals surface area contributed by atoms with Gasteiger partial charge in [0.15, 0.2) is 0 Å². The van der Waals surface area contributed by atoms with Gasteiger partial charge in [-0.25, -0.2) is 0 Å². The zero-order valence-corrected chi connectivity index (χ0v) is 13.4. The summed E-state index contributed by atoms with van der Waals surface area (Å²) in [6.45, 7) is 3.43. The maximum atomic E-state index is 3.77. The van der Waals surface area contributed by atoms with E-state index in [-0.39, 0.29) is 0 Å². The molecule has 0 aliphatic heterocycles. The molecule has 0 unspecified atom stereocenters. The van der Waals surface area contributed by atoms with E-state index in [4.69, 9.17) is 0 Å². The highest BCUT2D eigenvalue weighted by Crippen LogP contribution is 2.61. The number of rotatable bonds is 5. The Balaban J connectivity index is 1.35. The summed E-state index contributed by atoms with van der Waals surface area (Å²) in [7, 11) is 0. The van der Waals surface area contributed by atoms with Gasteiger partial charge in [-0.05, 0) is 80.6 Å². The van der Waals surface area contributed by atoms with E-state index in [1.165, 1.54) is 31.2 Å². The SMILES string of the molecule is C[C@@H](CC12CC3CC(CC(C3)C1)C2)NCc1ccccc1. The lowest BCUT2D eigenvalue weighted by atomic mass is 9.48. The van der Waals surface area contributed by atoms with Gasteiger partial charge in [0, 0.05) is 12.6 Å². The molecule has 1 atom stereocenters. The quantitative estimate of drug-likeness (QED) is 0.820. The molecule has 0 aromatic heterocycles. The predicted molar refractivity (Wildman–Crippen MR) is 88.0 cm³/mol. The van der Waals surface area contributed by atoms with Crippen LogP contribution in [0.1, 0.15) is 57.4 Å². The van der Waals surface area contributed by atoms with Crippen LogP contribution in [0.5, 0.6) is 0 Å². The molecule has 0 amide bonds. The van der Waals surface area contributed by atoms with Gasteiger partial charge in [-0.3, -0.25) is 0 Å². The second-order valence-corrected chi connectivity index (χ2v) is 8.39. The Morgan fingerprint density at radius 3 is 2.14 bits per heavy atom. The molecule has 5 rings (SSSR count). The van der Waals surface area contributed by atoms with Gasteiger partial charge in [-0.15, -0.1) is 0 Å². The Bertz CT molecular complexity index is 443. The van der Waals surface area contributed by atoms with Crippen LogP contribution in [0.15, 0.2) is 30.3 Å². The van der Waals surface area contributed by atoms with Gasteiger partial charge >= 0.3 is 0 Å². The molecule has 1 nitrogen and oxygen atoms in total. The van der Waals surface area contributed by atoms with Crippen molar-refractivity contribution in [2.24, 2.45) is 23.2 Å². The molecule has 0 radical (unpaired) electrons. The van der Waals surface area contributed by atoms with E-state index >= 15 is 0 Å². The zero-order chi connectivity index (χ0) is 14.3. The summed E-state index contributed by atoms with van der Waals surface area (Å²) in [5, 5.41) is 3.77. The molecule has 4 aliphatic carbocycles. The molecule has 1 heteroatoms. The topological polar surface area (TPSA) is 12.0 Å². The number of nitrogens with one attached hydrogen (secondary N) is 1. The Morgan fingerprint density at radius 2 is 1.57 bits per heavy atom. The zero-order valence-electron chi connectivity index (χ0n) is 13.4. The third-order valence-corrected chi connectivity index (χ3v) is 6.40. The summed E-state index contributed by atoms with van der Waals surface area (Å²) >= 11 is 0. The van der Waals surface area contributed by atoms with Crippen molar-refractivity contribution >= 4 is 0 Å². The summed E-state index contributed by atoms with van der Waals surface area (Å²) in [5.41, 5.74) is 2.12. The summed E-state index contributed by atoms with van der Waals surface area (Å²) in [4.78, 5) is 0. The van der Waals surface area contributed by atoms with Gasteiger partial charge in [-0.1, -0.05) is 30.3 Å². The van der Waals surface area contributed by atoms with E-state index in [1.54, 1.807) is 19.3 Å². The van der Waals surface area contributed by atoms with Crippen LogP contribution in [0, 0.1) is 23.2 Å². The molecule has 114 valence electrons. The lowest BCUT2D eigenvalue weighted by Gasteiger charge is -2.57. The molecule has 0 saturated heterocycles. The van der Waals surface area contributed by atoms with Crippen molar-refractivity contribution in [2.75, 3.05) is 0 Å². The first-order chi connectivity index (χ1) is 10.2. The maximum Gasteiger partial charge on any atom is 0.0207 e. The van der Waals surface area contributed by atoms with Crippen molar-refractivity contribution in [2.45, 2.75) is 64.5 Å². The van der Waals surface area contributed by atoms with E-state index in [1.807, 2.05) is 0 Å². The first-order valence-corrected chi connectivity index (χ1v) is 8.98. The van der Waals surface area contributed by atoms with Crippen molar-refractivity contribution in [1.29, 1.82) is 0 Å². The third-order valence-electron chi connectivity index (χ3n) is 6.40.